The van der Waals surface area contributed by atoms with Gasteiger partial charge in [-0.05, 0) is 63.1 Å². The lowest BCUT2D eigenvalue weighted by Gasteiger charge is -2.16. The van der Waals surface area contributed by atoms with E-state index in [1.165, 1.54) is 6.92 Å². The van der Waals surface area contributed by atoms with Crippen LogP contribution in [0.25, 0.3) is 0 Å². The summed E-state index contributed by atoms with van der Waals surface area (Å²) in [5.74, 6) is -0.0303. The molecule has 140 valence electrons. The molecule has 2 aromatic rings. The number of hydrogen-bond donors (Lipinski definition) is 3. The van der Waals surface area contributed by atoms with Crippen molar-refractivity contribution in [2.75, 3.05) is 16.0 Å². The molecular weight excluding hydrogens is 342 g/mol. The maximum atomic E-state index is 12.4. The number of carbonyl (C=O) groups excluding carboxylic acids is 3. The van der Waals surface area contributed by atoms with Gasteiger partial charge in [0.25, 0.3) is 0 Å². The maximum Gasteiger partial charge on any atom is 0.246 e. The van der Waals surface area contributed by atoms with E-state index in [1.807, 2.05) is 24.3 Å². The van der Waals surface area contributed by atoms with Gasteiger partial charge in [0.1, 0.15) is 6.04 Å². The Balaban J connectivity index is 1.55. The summed E-state index contributed by atoms with van der Waals surface area (Å²) in [6.07, 6.45) is 1.93. The molecule has 27 heavy (non-hydrogen) atoms. The molecule has 0 aliphatic heterocycles. The summed E-state index contributed by atoms with van der Waals surface area (Å²) >= 11 is 0. The average Bonchev–Trinajstić information content (AvgIpc) is 3.48. The van der Waals surface area contributed by atoms with Crippen LogP contribution in [0.4, 0.5) is 17.1 Å². The number of benzene rings is 2. The fraction of sp³-hybridized carbons (Fsp3) is 0.286. The molecule has 0 aromatic heterocycles. The fourth-order valence-corrected chi connectivity index (χ4v) is 2.62. The Morgan fingerprint density at radius 1 is 0.926 bits per heavy atom. The van der Waals surface area contributed by atoms with Crippen molar-refractivity contribution >= 4 is 34.7 Å². The second-order valence-electron chi connectivity index (χ2n) is 6.83. The first-order chi connectivity index (χ1) is 12.9. The minimum absolute atomic E-state index is 0.0499. The molecule has 0 saturated heterocycles. The van der Waals surface area contributed by atoms with E-state index >= 15 is 0 Å². The Labute approximate surface area is 158 Å². The van der Waals surface area contributed by atoms with Crippen LogP contribution in [0.15, 0.2) is 48.5 Å². The van der Waals surface area contributed by atoms with E-state index in [1.54, 1.807) is 31.2 Å². The summed E-state index contributed by atoms with van der Waals surface area (Å²) in [6.45, 7) is 3.24. The van der Waals surface area contributed by atoms with Crippen LogP contribution in [0.2, 0.25) is 0 Å². The van der Waals surface area contributed by atoms with E-state index in [2.05, 4.69) is 16.0 Å². The third-order valence-electron chi connectivity index (χ3n) is 4.41. The molecule has 1 unspecified atom stereocenters. The maximum absolute atomic E-state index is 12.4. The molecular formula is C21H23N3O3. The van der Waals surface area contributed by atoms with Crippen LogP contribution < -0.4 is 16.0 Å². The second kappa shape index (κ2) is 8.03. The summed E-state index contributed by atoms with van der Waals surface area (Å²) in [4.78, 5) is 35.6. The van der Waals surface area contributed by atoms with Crippen molar-refractivity contribution in [2.45, 2.75) is 32.7 Å². The molecule has 3 N–H and O–H groups in total. The number of hydrogen-bond acceptors (Lipinski definition) is 4. The van der Waals surface area contributed by atoms with Crippen LogP contribution in [-0.2, 0) is 9.59 Å². The SMILES string of the molecule is CC(=O)c1cccc(NC(=O)C(C)Nc2ccc(NC(=O)C3CC3)cc2)c1. The Bertz CT molecular complexity index is 857. The van der Waals surface area contributed by atoms with E-state index < -0.39 is 6.04 Å². The Morgan fingerprint density at radius 2 is 1.59 bits per heavy atom. The van der Waals surface area contributed by atoms with Crippen molar-refractivity contribution in [3.05, 3.63) is 54.1 Å². The largest absolute Gasteiger partial charge is 0.374 e. The van der Waals surface area contributed by atoms with Gasteiger partial charge in [-0.2, -0.15) is 0 Å². The fourth-order valence-electron chi connectivity index (χ4n) is 2.62. The summed E-state index contributed by atoms with van der Waals surface area (Å²) in [7, 11) is 0. The minimum Gasteiger partial charge on any atom is -0.374 e. The van der Waals surface area contributed by atoms with Crippen LogP contribution in [0.5, 0.6) is 0 Å². The molecule has 3 rings (SSSR count). The summed E-state index contributed by atoms with van der Waals surface area (Å²) < 4.78 is 0. The smallest absolute Gasteiger partial charge is 0.246 e. The molecule has 1 fully saturated rings. The summed E-state index contributed by atoms with van der Waals surface area (Å²) in [5.41, 5.74) is 2.66. The minimum atomic E-state index is -0.474. The first kappa shape index (κ1) is 18.6. The Morgan fingerprint density at radius 3 is 2.22 bits per heavy atom. The molecule has 0 spiro atoms. The van der Waals surface area contributed by atoms with E-state index in [-0.39, 0.29) is 23.5 Å². The van der Waals surface area contributed by atoms with Crippen molar-refractivity contribution in [2.24, 2.45) is 5.92 Å². The number of carbonyl (C=O) groups is 3. The molecule has 0 radical (unpaired) electrons. The van der Waals surface area contributed by atoms with Gasteiger partial charge in [0.2, 0.25) is 11.8 Å². The zero-order valence-electron chi connectivity index (χ0n) is 15.4. The van der Waals surface area contributed by atoms with E-state index in [0.29, 0.717) is 11.3 Å². The van der Waals surface area contributed by atoms with Crippen LogP contribution in [0.3, 0.4) is 0 Å². The van der Waals surface area contributed by atoms with Gasteiger partial charge in [-0.1, -0.05) is 12.1 Å². The predicted octanol–water partition coefficient (Wildman–Crippen LogP) is 3.68. The molecule has 0 bridgehead atoms. The molecule has 2 aromatic carbocycles. The van der Waals surface area contributed by atoms with Crippen molar-refractivity contribution in [1.82, 2.24) is 0 Å². The van der Waals surface area contributed by atoms with Gasteiger partial charge >= 0.3 is 0 Å². The van der Waals surface area contributed by atoms with Gasteiger partial charge in [0.05, 0.1) is 0 Å². The predicted molar refractivity (Wildman–Crippen MR) is 106 cm³/mol. The lowest BCUT2D eigenvalue weighted by molar-refractivity contribution is -0.117. The number of amides is 2. The Kier molecular flexibility index (Phi) is 5.54. The summed E-state index contributed by atoms with van der Waals surface area (Å²) in [5, 5.41) is 8.81. The van der Waals surface area contributed by atoms with Crippen molar-refractivity contribution in [3.63, 3.8) is 0 Å². The highest BCUT2D eigenvalue weighted by Crippen LogP contribution is 2.30. The number of nitrogens with one attached hydrogen (secondary N) is 3. The lowest BCUT2D eigenvalue weighted by Crippen LogP contribution is -2.31. The molecule has 1 saturated carbocycles. The van der Waals surface area contributed by atoms with Crippen LogP contribution >= 0.6 is 0 Å². The van der Waals surface area contributed by atoms with Crippen LogP contribution in [0.1, 0.15) is 37.0 Å². The zero-order valence-corrected chi connectivity index (χ0v) is 15.4. The first-order valence-electron chi connectivity index (χ1n) is 9.01. The van der Waals surface area contributed by atoms with Crippen molar-refractivity contribution < 1.29 is 14.4 Å². The average molecular weight is 365 g/mol. The highest BCUT2D eigenvalue weighted by Gasteiger charge is 2.29. The third kappa shape index (κ3) is 5.17. The van der Waals surface area contributed by atoms with Gasteiger partial charge in [-0.25, -0.2) is 0 Å². The standard InChI is InChI=1S/C21H23N3O3/c1-13(20(26)24-19-5-3-4-16(12-19)14(2)25)22-17-8-10-18(11-9-17)23-21(27)15-6-7-15/h3-5,8-13,15,22H,6-7H2,1-2H3,(H,23,27)(H,24,26). The van der Waals surface area contributed by atoms with Crippen LogP contribution in [-0.4, -0.2) is 23.6 Å². The lowest BCUT2D eigenvalue weighted by atomic mass is 10.1. The molecule has 1 atom stereocenters. The van der Waals surface area contributed by atoms with Crippen molar-refractivity contribution in [1.29, 1.82) is 0 Å². The van der Waals surface area contributed by atoms with Gasteiger partial charge in [-0.3, -0.25) is 14.4 Å². The molecule has 6 heteroatoms. The highest BCUT2D eigenvalue weighted by atomic mass is 16.2. The van der Waals surface area contributed by atoms with E-state index in [9.17, 15) is 14.4 Å². The van der Waals surface area contributed by atoms with Gasteiger partial charge < -0.3 is 16.0 Å². The quantitative estimate of drug-likeness (QED) is 0.653. The van der Waals surface area contributed by atoms with E-state index in [0.717, 1.165) is 24.2 Å². The molecule has 0 heterocycles. The van der Waals surface area contributed by atoms with Crippen LogP contribution in [0, 0.1) is 5.92 Å². The highest BCUT2D eigenvalue weighted by molar-refractivity contribution is 5.99. The number of rotatable bonds is 7. The van der Waals surface area contributed by atoms with Gasteiger partial charge in [0, 0.05) is 28.5 Å². The normalized spacial score (nSPS) is 14.1. The molecule has 1 aliphatic carbocycles. The second-order valence-corrected chi connectivity index (χ2v) is 6.83. The molecule has 2 amide bonds. The number of ketones is 1. The monoisotopic (exact) mass is 365 g/mol. The Hall–Kier alpha value is -3.15. The first-order valence-corrected chi connectivity index (χ1v) is 9.01. The molecule has 6 nitrogen and oxygen atoms in total. The number of Topliss-reactive ketones (excluding diaryl/α,β-unsaturated/α-hetero) is 1. The third-order valence-corrected chi connectivity index (χ3v) is 4.41. The topological polar surface area (TPSA) is 87.3 Å². The zero-order chi connectivity index (χ0) is 19.4. The molecule has 1 aliphatic rings. The van der Waals surface area contributed by atoms with Crippen molar-refractivity contribution in [3.8, 4) is 0 Å². The number of anilines is 3. The van der Waals surface area contributed by atoms with E-state index in [4.69, 9.17) is 0 Å². The van der Waals surface area contributed by atoms with Gasteiger partial charge in [0.15, 0.2) is 5.78 Å². The summed E-state index contributed by atoms with van der Waals surface area (Å²) in [6, 6.07) is 13.6. The van der Waals surface area contributed by atoms with Gasteiger partial charge in [-0.15, -0.1) is 0 Å².